The van der Waals surface area contributed by atoms with Crippen LogP contribution < -0.4 is 5.32 Å². The third kappa shape index (κ3) is 4.19. The van der Waals surface area contributed by atoms with Gasteiger partial charge >= 0.3 is 0 Å². The van der Waals surface area contributed by atoms with E-state index in [1.54, 1.807) is 0 Å². The van der Waals surface area contributed by atoms with Crippen molar-refractivity contribution in [2.24, 2.45) is 0 Å². The van der Waals surface area contributed by atoms with E-state index in [-0.39, 0.29) is 25.5 Å². The lowest BCUT2D eigenvalue weighted by atomic mass is 10.2. The van der Waals surface area contributed by atoms with Crippen LogP contribution in [-0.2, 0) is 24.7 Å². The molecule has 1 saturated heterocycles. The average Bonchev–Trinajstić information content (AvgIpc) is 3.32. The van der Waals surface area contributed by atoms with E-state index in [2.05, 4.69) is 20.5 Å². The number of benzene rings is 1. The van der Waals surface area contributed by atoms with Crippen LogP contribution in [0.5, 0.6) is 0 Å². The molecule has 1 amide bonds. The first kappa shape index (κ1) is 21.4. The predicted molar refractivity (Wildman–Crippen MR) is 108 cm³/mol. The number of anilines is 1. The molecular formula is C17H23N5O5S2. The van der Waals surface area contributed by atoms with Crippen LogP contribution in [0, 0.1) is 0 Å². The van der Waals surface area contributed by atoms with E-state index in [0.29, 0.717) is 5.82 Å². The fourth-order valence-corrected chi connectivity index (χ4v) is 6.01. The monoisotopic (exact) mass is 441 g/mol. The average molecular weight is 442 g/mol. The van der Waals surface area contributed by atoms with Crippen LogP contribution in [0.4, 0.5) is 5.95 Å². The molecule has 1 atom stereocenters. The fourth-order valence-electron chi connectivity index (χ4n) is 3.09. The topological polar surface area (TPSA) is 142 Å². The lowest BCUT2D eigenvalue weighted by Crippen LogP contribution is -2.49. The van der Waals surface area contributed by atoms with Gasteiger partial charge < -0.3 is 0 Å². The van der Waals surface area contributed by atoms with Gasteiger partial charge in [0.1, 0.15) is 4.75 Å². The quantitative estimate of drug-likeness (QED) is 0.670. The summed E-state index contributed by atoms with van der Waals surface area (Å²) in [5.74, 6) is -0.392. The van der Waals surface area contributed by atoms with E-state index in [1.807, 2.05) is 30.3 Å². The summed E-state index contributed by atoms with van der Waals surface area (Å²) >= 11 is 0. The number of sulfone groups is 1. The van der Waals surface area contributed by atoms with Gasteiger partial charge in [0.05, 0.1) is 11.5 Å². The lowest BCUT2D eigenvalue weighted by Gasteiger charge is -2.26. The number of amides is 1. The third-order valence-corrected chi connectivity index (χ3v) is 9.17. The summed E-state index contributed by atoms with van der Waals surface area (Å²) in [6.45, 7) is 2.55. The summed E-state index contributed by atoms with van der Waals surface area (Å²) in [7, 11) is -7.47. The standard InChI is InChI=1S/C17H23N5O5S2/c1-17(2,29(26,27)13-9-10-22(11-13)28(3,24)25)15(23)19-16-18-14(20-21-16)12-7-5-4-6-8-12/h4-8,13H,9-11H2,1-3H3,(H2,18,19,20,21,23). The molecule has 0 saturated carbocycles. The van der Waals surface area contributed by atoms with Crippen LogP contribution in [0.15, 0.2) is 30.3 Å². The molecule has 12 heteroatoms. The van der Waals surface area contributed by atoms with E-state index in [9.17, 15) is 21.6 Å². The van der Waals surface area contributed by atoms with Crippen molar-refractivity contribution in [1.29, 1.82) is 0 Å². The third-order valence-electron chi connectivity index (χ3n) is 5.03. The minimum Gasteiger partial charge on any atom is -0.292 e. The van der Waals surface area contributed by atoms with Crippen molar-refractivity contribution in [3.63, 3.8) is 0 Å². The smallest absolute Gasteiger partial charge is 0.249 e. The number of hydrogen-bond donors (Lipinski definition) is 2. The predicted octanol–water partition coefficient (Wildman–Crippen LogP) is 0.637. The number of carbonyl (C=O) groups is 1. The van der Waals surface area contributed by atoms with Crippen molar-refractivity contribution in [3.8, 4) is 11.4 Å². The van der Waals surface area contributed by atoms with Gasteiger partial charge in [-0.25, -0.2) is 21.1 Å². The van der Waals surface area contributed by atoms with Crippen LogP contribution in [0.25, 0.3) is 11.4 Å². The highest BCUT2D eigenvalue weighted by molar-refractivity contribution is 7.94. The normalized spacial score (nSPS) is 18.7. The fraction of sp³-hybridized carbons (Fsp3) is 0.471. The van der Waals surface area contributed by atoms with Crippen molar-refractivity contribution in [3.05, 3.63) is 30.3 Å². The van der Waals surface area contributed by atoms with Crippen molar-refractivity contribution in [1.82, 2.24) is 19.5 Å². The van der Waals surface area contributed by atoms with Gasteiger partial charge in [0.15, 0.2) is 15.7 Å². The summed E-state index contributed by atoms with van der Waals surface area (Å²) < 4.78 is 48.8. The molecule has 1 unspecified atom stereocenters. The van der Waals surface area contributed by atoms with Gasteiger partial charge in [-0.1, -0.05) is 30.3 Å². The second-order valence-electron chi connectivity index (χ2n) is 7.41. The Morgan fingerprint density at radius 3 is 2.45 bits per heavy atom. The number of sulfonamides is 1. The molecule has 1 aliphatic rings. The molecule has 1 aromatic heterocycles. The number of rotatable bonds is 6. The first-order valence-corrected chi connectivity index (χ1v) is 12.3. The summed E-state index contributed by atoms with van der Waals surface area (Å²) in [5.41, 5.74) is 0.763. The molecule has 29 heavy (non-hydrogen) atoms. The van der Waals surface area contributed by atoms with Crippen molar-refractivity contribution in [2.45, 2.75) is 30.3 Å². The van der Waals surface area contributed by atoms with Crippen LogP contribution in [0.2, 0.25) is 0 Å². The Morgan fingerprint density at radius 1 is 1.21 bits per heavy atom. The van der Waals surface area contributed by atoms with Gasteiger partial charge in [-0.05, 0) is 20.3 Å². The van der Waals surface area contributed by atoms with Gasteiger partial charge in [0.2, 0.25) is 21.9 Å². The van der Waals surface area contributed by atoms with E-state index < -0.39 is 35.8 Å². The Labute approximate surface area is 169 Å². The maximum atomic E-state index is 13.1. The Morgan fingerprint density at radius 2 is 1.86 bits per heavy atom. The molecular weight excluding hydrogens is 418 g/mol. The minimum atomic E-state index is -3.98. The molecule has 1 fully saturated rings. The minimum absolute atomic E-state index is 0.0405. The highest BCUT2D eigenvalue weighted by Gasteiger charge is 2.49. The van der Waals surface area contributed by atoms with Gasteiger partial charge in [-0.2, -0.15) is 4.98 Å². The first-order chi connectivity index (χ1) is 13.4. The summed E-state index contributed by atoms with van der Waals surface area (Å²) in [6.07, 6.45) is 1.18. The second-order valence-corrected chi connectivity index (χ2v) is 12.2. The second kappa shape index (κ2) is 7.50. The highest BCUT2D eigenvalue weighted by atomic mass is 32.2. The molecule has 0 radical (unpaired) electrons. The van der Waals surface area contributed by atoms with E-state index in [0.717, 1.165) is 16.1 Å². The molecule has 0 aliphatic carbocycles. The number of nitrogens with zero attached hydrogens (tertiary/aromatic N) is 3. The molecule has 2 aromatic rings. The Bertz CT molecular complexity index is 1110. The highest BCUT2D eigenvalue weighted by Crippen LogP contribution is 2.29. The molecule has 0 bridgehead atoms. The van der Waals surface area contributed by atoms with Crippen molar-refractivity contribution in [2.75, 3.05) is 24.7 Å². The van der Waals surface area contributed by atoms with Gasteiger partial charge in [0, 0.05) is 18.7 Å². The van der Waals surface area contributed by atoms with Crippen LogP contribution in [-0.4, -0.2) is 71.6 Å². The molecule has 0 spiro atoms. The van der Waals surface area contributed by atoms with Crippen molar-refractivity contribution < 1.29 is 21.6 Å². The van der Waals surface area contributed by atoms with E-state index in [1.165, 1.54) is 13.8 Å². The number of nitrogens with one attached hydrogen (secondary N) is 2. The van der Waals surface area contributed by atoms with Crippen LogP contribution in [0.3, 0.4) is 0 Å². The van der Waals surface area contributed by atoms with Gasteiger partial charge in [-0.3, -0.25) is 15.2 Å². The Balaban J connectivity index is 1.75. The Kier molecular flexibility index (Phi) is 5.54. The Hall–Kier alpha value is -2.31. The first-order valence-electron chi connectivity index (χ1n) is 8.91. The molecule has 1 aliphatic heterocycles. The van der Waals surface area contributed by atoms with Crippen LogP contribution in [0.1, 0.15) is 20.3 Å². The van der Waals surface area contributed by atoms with E-state index in [4.69, 9.17) is 0 Å². The molecule has 2 heterocycles. The number of carbonyl (C=O) groups excluding carboxylic acids is 1. The number of hydrogen-bond acceptors (Lipinski definition) is 7. The number of H-pyrrole nitrogens is 1. The zero-order valence-corrected chi connectivity index (χ0v) is 17.9. The van der Waals surface area contributed by atoms with E-state index >= 15 is 0 Å². The lowest BCUT2D eigenvalue weighted by molar-refractivity contribution is -0.117. The zero-order valence-electron chi connectivity index (χ0n) is 16.3. The largest absolute Gasteiger partial charge is 0.292 e. The van der Waals surface area contributed by atoms with Crippen molar-refractivity contribution >= 4 is 31.7 Å². The molecule has 2 N–H and O–H groups in total. The SMILES string of the molecule is CC(C)(C(=O)Nc1n[nH]c(-c2ccccc2)n1)S(=O)(=O)C1CCN(S(C)(=O)=O)C1. The van der Waals surface area contributed by atoms with Gasteiger partial charge in [0.25, 0.3) is 0 Å². The number of aromatic nitrogens is 3. The molecule has 158 valence electrons. The maximum absolute atomic E-state index is 13.1. The zero-order chi connectivity index (χ0) is 21.4. The molecule has 10 nitrogen and oxygen atoms in total. The number of aromatic amines is 1. The molecule has 1 aromatic carbocycles. The summed E-state index contributed by atoms with van der Waals surface area (Å²) in [5, 5.41) is 8.10. The molecule has 3 rings (SSSR count). The van der Waals surface area contributed by atoms with Crippen LogP contribution >= 0.6 is 0 Å². The summed E-state index contributed by atoms with van der Waals surface area (Å²) in [6, 6.07) is 9.13. The summed E-state index contributed by atoms with van der Waals surface area (Å²) in [4.78, 5) is 16.9. The maximum Gasteiger partial charge on any atom is 0.249 e. The van der Waals surface area contributed by atoms with Gasteiger partial charge in [-0.15, -0.1) is 5.10 Å².